The molecule has 5 heteroatoms. The van der Waals surface area contributed by atoms with Gasteiger partial charge in [0.25, 0.3) is 12.3 Å². The van der Waals surface area contributed by atoms with Crippen molar-refractivity contribution < 1.29 is 13.6 Å². The summed E-state index contributed by atoms with van der Waals surface area (Å²) in [6.45, 7) is 1.34. The average molecular weight is 268 g/mol. The summed E-state index contributed by atoms with van der Waals surface area (Å²) in [5.74, 6) is -0.156. The first-order chi connectivity index (χ1) is 9.11. The van der Waals surface area contributed by atoms with E-state index in [0.717, 1.165) is 12.8 Å². The van der Waals surface area contributed by atoms with Crippen LogP contribution < -0.4 is 5.32 Å². The maximum atomic E-state index is 12.6. The molecule has 1 fully saturated rings. The van der Waals surface area contributed by atoms with Gasteiger partial charge in [0.2, 0.25) is 0 Å². The SMILES string of the molecule is CNC1CCN(C(=O)c2cccc(C(F)F)c2)CC1. The van der Waals surface area contributed by atoms with Gasteiger partial charge in [-0.15, -0.1) is 0 Å². The van der Waals surface area contributed by atoms with E-state index in [1.165, 1.54) is 18.2 Å². The Balaban J connectivity index is 2.06. The smallest absolute Gasteiger partial charge is 0.263 e. The minimum atomic E-state index is -2.54. The van der Waals surface area contributed by atoms with E-state index in [2.05, 4.69) is 5.32 Å². The molecule has 0 bridgehead atoms. The lowest BCUT2D eigenvalue weighted by molar-refractivity contribution is 0.0707. The predicted molar refractivity (Wildman–Crippen MR) is 69.4 cm³/mol. The Morgan fingerprint density at radius 1 is 1.37 bits per heavy atom. The van der Waals surface area contributed by atoms with E-state index in [0.29, 0.717) is 24.7 Å². The Hall–Kier alpha value is -1.49. The van der Waals surface area contributed by atoms with E-state index in [-0.39, 0.29) is 11.5 Å². The number of hydrogen-bond donors (Lipinski definition) is 1. The van der Waals surface area contributed by atoms with Gasteiger partial charge in [-0.1, -0.05) is 12.1 Å². The van der Waals surface area contributed by atoms with Crippen LogP contribution >= 0.6 is 0 Å². The van der Waals surface area contributed by atoms with Crippen molar-refractivity contribution in [2.24, 2.45) is 0 Å². The van der Waals surface area contributed by atoms with Crippen molar-refractivity contribution in [3.05, 3.63) is 35.4 Å². The number of piperidine rings is 1. The molecule has 1 aromatic rings. The van der Waals surface area contributed by atoms with Crippen LogP contribution in [0.3, 0.4) is 0 Å². The highest BCUT2D eigenvalue weighted by atomic mass is 19.3. The molecule has 104 valence electrons. The number of carbonyl (C=O) groups excluding carboxylic acids is 1. The quantitative estimate of drug-likeness (QED) is 0.913. The summed E-state index contributed by atoms with van der Waals surface area (Å²) in [7, 11) is 1.91. The number of rotatable bonds is 3. The molecule has 0 spiro atoms. The number of amides is 1. The largest absolute Gasteiger partial charge is 0.339 e. The van der Waals surface area contributed by atoms with Crippen LogP contribution in [-0.4, -0.2) is 37.0 Å². The van der Waals surface area contributed by atoms with Crippen molar-refractivity contribution in [3.8, 4) is 0 Å². The number of likely N-dealkylation sites (tertiary alicyclic amines) is 1. The summed E-state index contributed by atoms with van der Waals surface area (Å²) >= 11 is 0. The van der Waals surface area contributed by atoms with Crippen LogP contribution in [0.15, 0.2) is 24.3 Å². The molecule has 0 unspecified atom stereocenters. The molecule has 0 aliphatic carbocycles. The van der Waals surface area contributed by atoms with Gasteiger partial charge in [-0.05, 0) is 32.0 Å². The van der Waals surface area contributed by atoms with Gasteiger partial charge < -0.3 is 10.2 Å². The van der Waals surface area contributed by atoms with Gasteiger partial charge in [0, 0.05) is 30.3 Å². The van der Waals surface area contributed by atoms with Crippen molar-refractivity contribution in [2.75, 3.05) is 20.1 Å². The molecule has 0 aromatic heterocycles. The number of alkyl halides is 2. The van der Waals surface area contributed by atoms with Gasteiger partial charge in [-0.25, -0.2) is 8.78 Å². The van der Waals surface area contributed by atoms with Crippen LogP contribution in [0.1, 0.15) is 35.2 Å². The predicted octanol–water partition coefficient (Wildman–Crippen LogP) is 2.45. The van der Waals surface area contributed by atoms with E-state index >= 15 is 0 Å². The van der Waals surface area contributed by atoms with Crippen molar-refractivity contribution in [1.29, 1.82) is 0 Å². The Kier molecular flexibility index (Phi) is 4.47. The lowest BCUT2D eigenvalue weighted by Crippen LogP contribution is -2.43. The Labute approximate surface area is 111 Å². The molecule has 0 atom stereocenters. The minimum Gasteiger partial charge on any atom is -0.339 e. The highest BCUT2D eigenvalue weighted by molar-refractivity contribution is 5.94. The fourth-order valence-electron chi connectivity index (χ4n) is 2.36. The number of benzene rings is 1. The van der Waals surface area contributed by atoms with E-state index in [1.54, 1.807) is 11.0 Å². The monoisotopic (exact) mass is 268 g/mol. The van der Waals surface area contributed by atoms with Crippen molar-refractivity contribution in [1.82, 2.24) is 10.2 Å². The molecule has 1 heterocycles. The first kappa shape index (κ1) is 13.9. The molecule has 2 rings (SSSR count). The third-order valence-corrected chi connectivity index (χ3v) is 3.58. The second-order valence-corrected chi connectivity index (χ2v) is 4.78. The first-order valence-corrected chi connectivity index (χ1v) is 6.46. The maximum absolute atomic E-state index is 12.6. The Morgan fingerprint density at radius 3 is 2.63 bits per heavy atom. The molecule has 1 aliphatic rings. The third kappa shape index (κ3) is 3.29. The second kappa shape index (κ2) is 6.10. The van der Waals surface area contributed by atoms with Gasteiger partial charge in [0.1, 0.15) is 0 Å². The summed E-state index contributed by atoms with van der Waals surface area (Å²) < 4.78 is 25.2. The topological polar surface area (TPSA) is 32.3 Å². The summed E-state index contributed by atoms with van der Waals surface area (Å²) in [5.41, 5.74) is 0.247. The van der Waals surface area contributed by atoms with Gasteiger partial charge in [0.15, 0.2) is 0 Å². The average Bonchev–Trinajstić information content (AvgIpc) is 2.46. The first-order valence-electron chi connectivity index (χ1n) is 6.46. The number of halogens is 2. The van der Waals surface area contributed by atoms with E-state index < -0.39 is 6.43 Å². The van der Waals surface area contributed by atoms with Crippen LogP contribution in [0.2, 0.25) is 0 Å². The fourth-order valence-corrected chi connectivity index (χ4v) is 2.36. The van der Waals surface area contributed by atoms with Crippen molar-refractivity contribution in [3.63, 3.8) is 0 Å². The molecule has 1 N–H and O–H groups in total. The lowest BCUT2D eigenvalue weighted by Gasteiger charge is -2.31. The van der Waals surface area contributed by atoms with Crippen LogP contribution in [-0.2, 0) is 0 Å². The molecule has 3 nitrogen and oxygen atoms in total. The number of nitrogens with zero attached hydrogens (tertiary/aromatic N) is 1. The molecule has 1 amide bonds. The standard InChI is InChI=1S/C14H18F2N2O/c1-17-12-5-7-18(8-6-12)14(19)11-4-2-3-10(9-11)13(15)16/h2-4,9,12-13,17H,5-8H2,1H3. The fraction of sp³-hybridized carbons (Fsp3) is 0.500. The number of carbonyl (C=O) groups is 1. The molecule has 1 aromatic carbocycles. The molecule has 1 aliphatic heterocycles. The van der Waals surface area contributed by atoms with Crippen LogP contribution in [0.4, 0.5) is 8.78 Å². The molecular formula is C14H18F2N2O. The zero-order valence-electron chi connectivity index (χ0n) is 10.9. The second-order valence-electron chi connectivity index (χ2n) is 4.78. The van der Waals surface area contributed by atoms with Gasteiger partial charge in [-0.2, -0.15) is 0 Å². The highest BCUT2D eigenvalue weighted by Crippen LogP contribution is 2.21. The molecular weight excluding hydrogens is 250 g/mol. The van der Waals surface area contributed by atoms with Crippen LogP contribution in [0.5, 0.6) is 0 Å². The Morgan fingerprint density at radius 2 is 2.05 bits per heavy atom. The maximum Gasteiger partial charge on any atom is 0.263 e. The summed E-state index contributed by atoms with van der Waals surface area (Å²) in [4.78, 5) is 14.0. The van der Waals surface area contributed by atoms with Crippen molar-refractivity contribution in [2.45, 2.75) is 25.3 Å². The zero-order valence-corrected chi connectivity index (χ0v) is 10.9. The summed E-state index contributed by atoms with van der Waals surface area (Å²) in [6, 6.07) is 6.18. The van der Waals surface area contributed by atoms with Crippen LogP contribution in [0, 0.1) is 0 Å². The van der Waals surface area contributed by atoms with E-state index in [1.807, 2.05) is 7.05 Å². The summed E-state index contributed by atoms with van der Waals surface area (Å²) in [6.07, 6.45) is -0.740. The van der Waals surface area contributed by atoms with Gasteiger partial charge in [-0.3, -0.25) is 4.79 Å². The molecule has 1 saturated heterocycles. The highest BCUT2D eigenvalue weighted by Gasteiger charge is 2.23. The molecule has 0 saturated carbocycles. The van der Waals surface area contributed by atoms with Gasteiger partial charge in [0.05, 0.1) is 0 Å². The minimum absolute atomic E-state index is 0.101. The van der Waals surface area contributed by atoms with E-state index in [4.69, 9.17) is 0 Å². The Bertz CT molecular complexity index is 443. The number of nitrogens with one attached hydrogen (secondary N) is 1. The number of hydrogen-bond acceptors (Lipinski definition) is 2. The van der Waals surface area contributed by atoms with Gasteiger partial charge >= 0.3 is 0 Å². The van der Waals surface area contributed by atoms with Crippen LogP contribution in [0.25, 0.3) is 0 Å². The third-order valence-electron chi connectivity index (χ3n) is 3.58. The molecule has 19 heavy (non-hydrogen) atoms. The van der Waals surface area contributed by atoms with Crippen molar-refractivity contribution >= 4 is 5.91 Å². The zero-order chi connectivity index (χ0) is 13.8. The normalized spacial score (nSPS) is 16.9. The summed E-state index contributed by atoms with van der Waals surface area (Å²) in [5, 5.41) is 3.19. The lowest BCUT2D eigenvalue weighted by atomic mass is 10.0. The van der Waals surface area contributed by atoms with E-state index in [9.17, 15) is 13.6 Å². The molecule has 0 radical (unpaired) electrons.